The number of carbonyl (C=O) groups is 2. The first-order chi connectivity index (χ1) is 9.88. The first-order valence-electron chi connectivity index (χ1n) is 6.04. The summed E-state index contributed by atoms with van der Waals surface area (Å²) in [7, 11) is 0. The fourth-order valence-electron chi connectivity index (χ4n) is 1.75. The molecule has 0 bridgehead atoms. The monoisotopic (exact) mass is 328 g/mol. The first-order valence-corrected chi connectivity index (χ1v) is 7.23. The quantitative estimate of drug-likeness (QED) is 0.720. The lowest BCUT2D eigenvalue weighted by atomic mass is 10.2. The molecule has 0 unspecified atom stereocenters. The number of anilines is 1. The number of thiophene rings is 1. The van der Waals surface area contributed by atoms with Crippen molar-refractivity contribution in [3.63, 3.8) is 0 Å². The zero-order valence-corrected chi connectivity index (χ0v) is 12.9. The Kier molecular flexibility index (Phi) is 4.59. The van der Waals surface area contributed by atoms with Gasteiger partial charge in [-0.25, -0.2) is 9.97 Å². The van der Waals surface area contributed by atoms with Gasteiger partial charge in [0, 0.05) is 4.88 Å². The van der Waals surface area contributed by atoms with Crippen molar-refractivity contribution in [3.05, 3.63) is 15.7 Å². The molecule has 9 heteroatoms. The van der Waals surface area contributed by atoms with Gasteiger partial charge in [0.05, 0.1) is 11.9 Å². The van der Waals surface area contributed by atoms with Gasteiger partial charge in [-0.1, -0.05) is 0 Å². The molecule has 0 aliphatic carbocycles. The van der Waals surface area contributed by atoms with Crippen LogP contribution in [0.3, 0.4) is 0 Å². The van der Waals surface area contributed by atoms with Crippen LogP contribution < -0.4 is 10.6 Å². The minimum Gasteiger partial charge on any atom is -0.480 e. The van der Waals surface area contributed by atoms with E-state index in [0.29, 0.717) is 5.82 Å². The number of hydrogen-bond donors (Lipinski definition) is 3. The molecule has 0 spiro atoms. The smallest absolute Gasteiger partial charge is 0.322 e. The van der Waals surface area contributed by atoms with Crippen LogP contribution in [0.1, 0.15) is 10.4 Å². The molecule has 2 aromatic heterocycles. The topological polar surface area (TPSA) is 104 Å². The average molecular weight is 329 g/mol. The zero-order valence-electron chi connectivity index (χ0n) is 11.4. The number of aromatic nitrogens is 2. The molecule has 7 nitrogen and oxygen atoms in total. The maximum absolute atomic E-state index is 11.5. The fourth-order valence-corrected chi connectivity index (χ4v) is 3.00. The molecule has 0 aliphatic heterocycles. The number of nitrogens with one attached hydrogen (secondary N) is 2. The highest BCUT2D eigenvalue weighted by atomic mass is 35.5. The minimum absolute atomic E-state index is 0.0932. The van der Waals surface area contributed by atoms with Crippen LogP contribution in [0.15, 0.2) is 0 Å². The van der Waals surface area contributed by atoms with E-state index in [1.807, 2.05) is 13.8 Å². The van der Waals surface area contributed by atoms with Crippen molar-refractivity contribution >= 4 is 50.8 Å². The summed E-state index contributed by atoms with van der Waals surface area (Å²) in [6, 6.07) is 0. The molecule has 21 heavy (non-hydrogen) atoms. The molecular weight excluding hydrogens is 316 g/mol. The third-order valence-electron chi connectivity index (χ3n) is 2.85. The van der Waals surface area contributed by atoms with E-state index in [-0.39, 0.29) is 11.8 Å². The molecule has 0 fully saturated rings. The van der Waals surface area contributed by atoms with E-state index in [1.165, 1.54) is 11.3 Å². The van der Waals surface area contributed by atoms with Gasteiger partial charge in [-0.2, -0.15) is 0 Å². The van der Waals surface area contributed by atoms with E-state index < -0.39 is 18.4 Å². The lowest BCUT2D eigenvalue weighted by Crippen LogP contribution is -2.34. The van der Waals surface area contributed by atoms with Gasteiger partial charge in [-0.3, -0.25) is 9.59 Å². The lowest BCUT2D eigenvalue weighted by molar-refractivity contribution is -0.137. The maximum Gasteiger partial charge on any atom is 0.322 e. The molecule has 0 aromatic carbocycles. The van der Waals surface area contributed by atoms with Crippen LogP contribution >= 0.6 is 22.9 Å². The molecule has 2 heterocycles. The Morgan fingerprint density at radius 3 is 2.67 bits per heavy atom. The molecule has 1 amide bonds. The average Bonchev–Trinajstić information content (AvgIpc) is 2.68. The van der Waals surface area contributed by atoms with E-state index >= 15 is 0 Å². The normalized spacial score (nSPS) is 10.6. The van der Waals surface area contributed by atoms with E-state index in [0.717, 1.165) is 20.7 Å². The van der Waals surface area contributed by atoms with Gasteiger partial charge < -0.3 is 15.7 Å². The second-order valence-corrected chi connectivity index (χ2v) is 5.87. The van der Waals surface area contributed by atoms with E-state index in [1.54, 1.807) is 0 Å². The third-order valence-corrected chi connectivity index (χ3v) is 4.12. The number of aryl methyl sites for hydroxylation is 2. The van der Waals surface area contributed by atoms with Crippen molar-refractivity contribution in [2.24, 2.45) is 0 Å². The zero-order chi connectivity index (χ0) is 15.6. The minimum atomic E-state index is -1.10. The third kappa shape index (κ3) is 3.59. The summed E-state index contributed by atoms with van der Waals surface area (Å²) in [5, 5.41) is 14.5. The molecule has 0 radical (unpaired) electrons. The lowest BCUT2D eigenvalue weighted by Gasteiger charge is -2.08. The van der Waals surface area contributed by atoms with Crippen molar-refractivity contribution in [2.45, 2.75) is 13.8 Å². The summed E-state index contributed by atoms with van der Waals surface area (Å²) in [5.74, 6) is -1.07. The number of hydrogen-bond acceptors (Lipinski definition) is 6. The Hall–Kier alpha value is -1.93. The van der Waals surface area contributed by atoms with E-state index in [2.05, 4.69) is 20.6 Å². The summed E-state index contributed by atoms with van der Waals surface area (Å²) in [4.78, 5) is 32.0. The van der Waals surface area contributed by atoms with Crippen LogP contribution in [0, 0.1) is 13.8 Å². The van der Waals surface area contributed by atoms with Gasteiger partial charge in [-0.05, 0) is 31.0 Å². The van der Waals surface area contributed by atoms with Crippen molar-refractivity contribution < 1.29 is 14.7 Å². The first kappa shape index (κ1) is 15.5. The highest BCUT2D eigenvalue weighted by molar-refractivity contribution is 7.18. The van der Waals surface area contributed by atoms with E-state index in [9.17, 15) is 9.59 Å². The van der Waals surface area contributed by atoms with Crippen LogP contribution in [0.25, 0.3) is 10.2 Å². The van der Waals surface area contributed by atoms with Crippen LogP contribution in [0.2, 0.25) is 5.28 Å². The van der Waals surface area contributed by atoms with Crippen molar-refractivity contribution in [3.8, 4) is 0 Å². The molecule has 0 saturated carbocycles. The van der Waals surface area contributed by atoms with Gasteiger partial charge in [0.1, 0.15) is 17.2 Å². The molecule has 112 valence electrons. The number of nitrogens with zero attached hydrogens (tertiary/aromatic N) is 2. The molecule has 2 aromatic rings. The van der Waals surface area contributed by atoms with Gasteiger partial charge in [-0.15, -0.1) is 11.3 Å². The number of carbonyl (C=O) groups excluding carboxylic acids is 1. The van der Waals surface area contributed by atoms with Crippen LogP contribution in [0.5, 0.6) is 0 Å². The summed E-state index contributed by atoms with van der Waals surface area (Å²) >= 11 is 7.37. The van der Waals surface area contributed by atoms with Gasteiger partial charge in [0.2, 0.25) is 11.2 Å². The second kappa shape index (κ2) is 6.23. The van der Waals surface area contributed by atoms with Crippen LogP contribution in [0.4, 0.5) is 5.82 Å². The summed E-state index contributed by atoms with van der Waals surface area (Å²) in [5.41, 5.74) is 1.03. The standard InChI is InChI=1S/C12H13ClN4O3S/c1-5-6(2)21-11-9(5)10(16-12(13)17-11)15-3-7(18)14-4-8(19)20/h3-4H2,1-2H3,(H,14,18)(H,19,20)(H,15,16,17). The maximum atomic E-state index is 11.5. The SMILES string of the molecule is Cc1sc2nc(Cl)nc(NCC(=O)NCC(=O)O)c2c1C. The number of amides is 1. The molecule has 3 N–H and O–H groups in total. The highest BCUT2D eigenvalue weighted by Crippen LogP contribution is 2.33. The summed E-state index contributed by atoms with van der Waals surface area (Å²) in [6.45, 7) is 3.40. The number of aliphatic carboxylic acids is 1. The van der Waals surface area contributed by atoms with Gasteiger partial charge in [0.25, 0.3) is 0 Å². The van der Waals surface area contributed by atoms with E-state index in [4.69, 9.17) is 16.7 Å². The number of fused-ring (bicyclic) bond motifs is 1. The highest BCUT2D eigenvalue weighted by Gasteiger charge is 2.14. The molecule has 0 aliphatic rings. The van der Waals surface area contributed by atoms with Gasteiger partial charge in [0.15, 0.2) is 0 Å². The second-order valence-electron chi connectivity index (χ2n) is 4.33. The predicted molar refractivity (Wildman–Crippen MR) is 81.0 cm³/mol. The fraction of sp³-hybridized carbons (Fsp3) is 0.333. The predicted octanol–water partition coefficient (Wildman–Crippen LogP) is 1.57. The Morgan fingerprint density at radius 2 is 2.00 bits per heavy atom. The number of carboxylic acid groups (broad SMARTS) is 1. The van der Waals surface area contributed by atoms with Crippen molar-refractivity contribution in [1.29, 1.82) is 0 Å². The number of rotatable bonds is 5. The Labute approximate surface area is 129 Å². The largest absolute Gasteiger partial charge is 0.480 e. The number of halogens is 1. The Bertz CT molecular complexity index is 716. The molecular formula is C12H13ClN4O3S. The Balaban J connectivity index is 2.18. The molecule has 2 rings (SSSR count). The van der Waals surface area contributed by atoms with Crippen molar-refractivity contribution in [1.82, 2.24) is 15.3 Å². The Morgan fingerprint density at radius 1 is 1.29 bits per heavy atom. The summed E-state index contributed by atoms with van der Waals surface area (Å²) in [6.07, 6.45) is 0. The van der Waals surface area contributed by atoms with Crippen LogP contribution in [-0.2, 0) is 9.59 Å². The number of carboxylic acids is 1. The summed E-state index contributed by atoms with van der Waals surface area (Å²) < 4.78 is 0. The van der Waals surface area contributed by atoms with Gasteiger partial charge >= 0.3 is 5.97 Å². The van der Waals surface area contributed by atoms with Crippen molar-refractivity contribution in [2.75, 3.05) is 18.4 Å². The van der Waals surface area contributed by atoms with Crippen LogP contribution in [-0.4, -0.2) is 40.0 Å². The molecule has 0 atom stereocenters. The molecule has 0 saturated heterocycles.